The fraction of sp³-hybridized carbons (Fsp3) is 0.125. The molecule has 0 saturated heterocycles. The van der Waals surface area contributed by atoms with Crippen LogP contribution in [0.3, 0.4) is 0 Å². The van der Waals surface area contributed by atoms with E-state index in [1.807, 2.05) is 0 Å². The molecule has 5 nitrogen and oxygen atoms in total. The van der Waals surface area contributed by atoms with Gasteiger partial charge in [0.15, 0.2) is 11.5 Å². The number of aromatic hydroxyl groups is 1. The quantitative estimate of drug-likeness (QED) is 0.465. The Labute approximate surface area is 167 Å². The second-order valence-corrected chi connectivity index (χ2v) is 6.77. The summed E-state index contributed by atoms with van der Waals surface area (Å²) in [5.41, 5.74) is 2.76. The number of hydrogen-bond acceptors (Lipinski definition) is 4. The number of halogens is 4. The molecule has 0 unspecified atom stereocenters. The normalized spacial score (nSPS) is 10.9. The number of amides is 1. The van der Waals surface area contributed by atoms with Crippen LogP contribution in [0.1, 0.15) is 22.8 Å². The number of hydrogen-bond donors (Lipinski definition) is 2. The summed E-state index contributed by atoms with van der Waals surface area (Å²) in [6, 6.07) is 6.19. The third-order valence-corrected chi connectivity index (χ3v) is 4.75. The largest absolute Gasteiger partial charge is 0.504 e. The summed E-state index contributed by atoms with van der Waals surface area (Å²) in [6.07, 6.45) is 1.18. The fourth-order valence-corrected chi connectivity index (χ4v) is 2.88. The minimum atomic E-state index is -0.492. The van der Waals surface area contributed by atoms with Crippen molar-refractivity contribution in [1.29, 1.82) is 0 Å². The van der Waals surface area contributed by atoms with E-state index in [0.29, 0.717) is 21.7 Å². The summed E-state index contributed by atoms with van der Waals surface area (Å²) in [5, 5.41) is 14.7. The zero-order valence-electron chi connectivity index (χ0n) is 12.8. The van der Waals surface area contributed by atoms with Gasteiger partial charge in [0.05, 0.1) is 34.0 Å². The van der Waals surface area contributed by atoms with Crippen molar-refractivity contribution in [2.75, 3.05) is 6.61 Å². The van der Waals surface area contributed by atoms with E-state index in [1.54, 1.807) is 19.1 Å². The first-order valence-corrected chi connectivity index (χ1v) is 8.90. The first-order valence-electron chi connectivity index (χ1n) is 6.97. The summed E-state index contributed by atoms with van der Waals surface area (Å²) in [6.45, 7) is 2.10. The highest BCUT2D eigenvalue weighted by Crippen LogP contribution is 2.39. The van der Waals surface area contributed by atoms with E-state index in [0.717, 1.165) is 0 Å². The summed E-state index contributed by atoms with van der Waals surface area (Å²) in [7, 11) is 0. The Morgan fingerprint density at radius 3 is 2.76 bits per heavy atom. The van der Waals surface area contributed by atoms with Crippen molar-refractivity contribution in [3.05, 3.63) is 54.9 Å². The lowest BCUT2D eigenvalue weighted by atomic mass is 10.2. The third-order valence-electron chi connectivity index (χ3n) is 3.03. The maximum Gasteiger partial charge on any atom is 0.272 e. The van der Waals surface area contributed by atoms with Gasteiger partial charge < -0.3 is 9.84 Å². The van der Waals surface area contributed by atoms with Gasteiger partial charge in [-0.15, -0.1) is 0 Å². The molecule has 132 valence electrons. The van der Waals surface area contributed by atoms with Gasteiger partial charge in [0.25, 0.3) is 5.91 Å². The average Bonchev–Trinajstić information content (AvgIpc) is 2.58. The maximum absolute atomic E-state index is 12.2. The summed E-state index contributed by atoms with van der Waals surface area (Å²) < 4.78 is 5.84. The van der Waals surface area contributed by atoms with Gasteiger partial charge in [-0.1, -0.05) is 34.8 Å². The monoisotopic (exact) mass is 464 g/mol. The molecular weight excluding hydrogens is 454 g/mol. The molecule has 0 radical (unpaired) electrons. The predicted octanol–water partition coefficient (Wildman–Crippen LogP) is 5.28. The molecule has 0 aromatic heterocycles. The Balaban J connectivity index is 2.25. The third kappa shape index (κ3) is 4.79. The molecule has 25 heavy (non-hydrogen) atoms. The van der Waals surface area contributed by atoms with Crippen molar-refractivity contribution in [1.82, 2.24) is 5.43 Å². The number of carbonyl (C=O) groups is 1. The summed E-state index contributed by atoms with van der Waals surface area (Å²) in [5.74, 6) is -0.547. The van der Waals surface area contributed by atoms with Gasteiger partial charge in [0, 0.05) is 15.6 Å². The number of benzene rings is 2. The highest BCUT2D eigenvalue weighted by molar-refractivity contribution is 9.10. The number of carbonyl (C=O) groups excluding carboxylic acids is 1. The van der Waals surface area contributed by atoms with Crippen LogP contribution in [0.2, 0.25) is 15.1 Å². The van der Waals surface area contributed by atoms with Crippen molar-refractivity contribution < 1.29 is 14.6 Å². The molecule has 0 saturated carbocycles. The van der Waals surface area contributed by atoms with Gasteiger partial charge in [0.1, 0.15) is 0 Å². The number of nitrogens with zero attached hydrogens (tertiary/aromatic N) is 1. The molecule has 2 aromatic rings. The second kappa shape index (κ2) is 8.76. The SMILES string of the molecule is CCOc1cc(Cl)c(Cl)c(/C=N/NC(=O)c2cc(Cl)ccc2Br)c1O. The average molecular weight is 467 g/mol. The minimum absolute atomic E-state index is 0.0876. The maximum atomic E-state index is 12.2. The van der Waals surface area contributed by atoms with Gasteiger partial charge in [-0.25, -0.2) is 5.43 Å². The zero-order chi connectivity index (χ0) is 18.6. The lowest BCUT2D eigenvalue weighted by molar-refractivity contribution is 0.0954. The molecule has 9 heteroatoms. The Bertz CT molecular complexity index is 844. The Morgan fingerprint density at radius 1 is 1.36 bits per heavy atom. The smallest absolute Gasteiger partial charge is 0.272 e. The van der Waals surface area contributed by atoms with Gasteiger partial charge in [-0.3, -0.25) is 4.79 Å². The number of phenols is 1. The number of phenolic OH excluding ortho intramolecular Hbond substituents is 1. The molecule has 0 aliphatic rings. The molecule has 0 heterocycles. The van der Waals surface area contributed by atoms with Gasteiger partial charge in [-0.05, 0) is 41.1 Å². The van der Waals surface area contributed by atoms with Crippen LogP contribution in [0.5, 0.6) is 11.5 Å². The first-order chi connectivity index (χ1) is 11.8. The standard InChI is InChI=1S/C16H12BrCl3N2O3/c1-2-25-13-6-12(19)14(20)10(15(13)23)7-21-22-16(24)9-5-8(18)3-4-11(9)17/h3-7,23H,2H2,1H3,(H,22,24)/b21-7+. The molecule has 0 spiro atoms. The van der Waals surface area contributed by atoms with E-state index < -0.39 is 5.91 Å². The van der Waals surface area contributed by atoms with Crippen LogP contribution in [0, 0.1) is 0 Å². The van der Waals surface area contributed by atoms with Crippen LogP contribution >= 0.6 is 50.7 Å². The van der Waals surface area contributed by atoms with E-state index in [2.05, 4.69) is 26.5 Å². The van der Waals surface area contributed by atoms with Crippen LogP contribution in [0.25, 0.3) is 0 Å². The molecule has 0 aliphatic heterocycles. The minimum Gasteiger partial charge on any atom is -0.504 e. The van der Waals surface area contributed by atoms with E-state index in [4.69, 9.17) is 39.5 Å². The zero-order valence-corrected chi connectivity index (χ0v) is 16.7. The molecule has 2 aromatic carbocycles. The lowest BCUT2D eigenvalue weighted by Crippen LogP contribution is -2.18. The predicted molar refractivity (Wildman–Crippen MR) is 104 cm³/mol. The Morgan fingerprint density at radius 2 is 2.08 bits per heavy atom. The molecule has 0 fully saturated rings. The van der Waals surface area contributed by atoms with Crippen molar-refractivity contribution in [2.24, 2.45) is 5.10 Å². The molecule has 2 N–H and O–H groups in total. The molecule has 1 amide bonds. The van der Waals surface area contributed by atoms with Gasteiger partial charge >= 0.3 is 0 Å². The second-order valence-electron chi connectivity index (χ2n) is 4.69. The lowest BCUT2D eigenvalue weighted by Gasteiger charge is -2.10. The highest BCUT2D eigenvalue weighted by Gasteiger charge is 2.16. The molecule has 0 bridgehead atoms. The highest BCUT2D eigenvalue weighted by atomic mass is 79.9. The van der Waals surface area contributed by atoms with E-state index in [9.17, 15) is 9.90 Å². The molecular formula is C16H12BrCl3N2O3. The molecule has 2 rings (SSSR count). The van der Waals surface area contributed by atoms with Crippen LogP contribution < -0.4 is 10.2 Å². The van der Waals surface area contributed by atoms with Crippen LogP contribution in [-0.2, 0) is 0 Å². The van der Waals surface area contributed by atoms with Crippen LogP contribution in [0.4, 0.5) is 0 Å². The fourth-order valence-electron chi connectivity index (χ4n) is 1.88. The number of nitrogens with one attached hydrogen (secondary N) is 1. The summed E-state index contributed by atoms with van der Waals surface area (Å²) in [4.78, 5) is 12.2. The summed E-state index contributed by atoms with van der Waals surface area (Å²) >= 11 is 21.2. The van der Waals surface area contributed by atoms with E-state index >= 15 is 0 Å². The topological polar surface area (TPSA) is 70.9 Å². The first kappa shape index (κ1) is 19.8. The van der Waals surface area contributed by atoms with Crippen molar-refractivity contribution in [2.45, 2.75) is 6.92 Å². The van der Waals surface area contributed by atoms with Crippen LogP contribution in [-0.4, -0.2) is 23.8 Å². The Kier molecular flexibility index (Phi) is 6.95. The van der Waals surface area contributed by atoms with E-state index in [-0.39, 0.29) is 27.1 Å². The van der Waals surface area contributed by atoms with Crippen molar-refractivity contribution in [3.8, 4) is 11.5 Å². The number of hydrazone groups is 1. The van der Waals surface area contributed by atoms with Crippen molar-refractivity contribution in [3.63, 3.8) is 0 Å². The van der Waals surface area contributed by atoms with Crippen molar-refractivity contribution >= 4 is 62.9 Å². The molecule has 0 aliphatic carbocycles. The van der Waals surface area contributed by atoms with Gasteiger partial charge in [0.2, 0.25) is 0 Å². The molecule has 0 atom stereocenters. The van der Waals surface area contributed by atoms with Gasteiger partial charge in [-0.2, -0.15) is 5.10 Å². The van der Waals surface area contributed by atoms with Crippen LogP contribution in [0.15, 0.2) is 33.8 Å². The Hall–Kier alpha value is -1.47. The van der Waals surface area contributed by atoms with E-state index in [1.165, 1.54) is 18.3 Å². The number of ether oxygens (including phenoxy) is 1. The number of rotatable bonds is 5.